The van der Waals surface area contributed by atoms with E-state index in [1.807, 2.05) is 0 Å². The second kappa shape index (κ2) is 10.1. The Labute approximate surface area is 181 Å². The average Bonchev–Trinajstić information content (AvgIpc) is 3.21. The number of nitrogens with zero attached hydrogens (tertiary/aromatic N) is 3. The lowest BCUT2D eigenvalue weighted by Crippen LogP contribution is -2.36. The highest BCUT2D eigenvalue weighted by Crippen LogP contribution is 2.22. The van der Waals surface area contributed by atoms with E-state index in [-0.39, 0.29) is 5.41 Å². The third kappa shape index (κ3) is 6.59. The van der Waals surface area contributed by atoms with Crippen LogP contribution in [0.25, 0.3) is 0 Å². The number of aliphatic imine (C=N–C) groups is 1. The van der Waals surface area contributed by atoms with Gasteiger partial charge in [-0.05, 0) is 43.0 Å². The predicted molar refractivity (Wildman–Crippen MR) is 122 cm³/mol. The molecule has 1 saturated heterocycles. The highest BCUT2D eigenvalue weighted by atomic mass is 16.4. The van der Waals surface area contributed by atoms with Gasteiger partial charge in [0.2, 0.25) is 5.89 Å². The van der Waals surface area contributed by atoms with E-state index >= 15 is 0 Å². The molecule has 0 unspecified atom stereocenters. The second-order valence-electron chi connectivity index (χ2n) is 9.42. The molecule has 0 saturated carbocycles. The highest BCUT2D eigenvalue weighted by Gasteiger charge is 2.19. The maximum atomic E-state index is 5.83. The van der Waals surface area contributed by atoms with Gasteiger partial charge in [0.15, 0.2) is 5.96 Å². The molecule has 2 aromatic rings. The number of benzene rings is 1. The van der Waals surface area contributed by atoms with Crippen LogP contribution in [0.2, 0.25) is 0 Å². The van der Waals surface area contributed by atoms with Crippen LogP contribution in [-0.2, 0) is 25.0 Å². The lowest BCUT2D eigenvalue weighted by molar-refractivity contribution is 0.185. The molecule has 2 heterocycles. The Morgan fingerprint density at radius 1 is 1.10 bits per heavy atom. The number of nitrogens with one attached hydrogen (secondary N) is 2. The van der Waals surface area contributed by atoms with Crippen LogP contribution < -0.4 is 10.6 Å². The van der Waals surface area contributed by atoms with Crippen LogP contribution in [0.5, 0.6) is 0 Å². The first-order chi connectivity index (χ1) is 14.3. The quantitative estimate of drug-likeness (QED) is 0.554. The normalized spacial score (nSPS) is 16.6. The van der Waals surface area contributed by atoms with E-state index < -0.39 is 0 Å². The third-order valence-electron chi connectivity index (χ3n) is 5.69. The lowest BCUT2D eigenvalue weighted by atomic mass is 9.94. The fourth-order valence-corrected chi connectivity index (χ4v) is 3.55. The molecule has 6 heteroatoms. The van der Waals surface area contributed by atoms with Crippen molar-refractivity contribution in [3.63, 3.8) is 0 Å². The molecule has 0 radical (unpaired) electrons. The smallest absolute Gasteiger partial charge is 0.213 e. The first kappa shape index (κ1) is 22.3. The van der Waals surface area contributed by atoms with Gasteiger partial charge in [0, 0.05) is 25.6 Å². The molecule has 0 bridgehead atoms. The molecule has 1 aromatic carbocycles. The summed E-state index contributed by atoms with van der Waals surface area (Å²) in [5.41, 5.74) is 2.58. The van der Waals surface area contributed by atoms with E-state index in [1.54, 1.807) is 13.2 Å². The van der Waals surface area contributed by atoms with Crippen LogP contribution in [0.3, 0.4) is 0 Å². The third-order valence-corrected chi connectivity index (χ3v) is 5.69. The van der Waals surface area contributed by atoms with Crippen molar-refractivity contribution >= 4 is 5.96 Å². The SMILES string of the molecule is CN=C(NCc1ccc(CN2CCC(C)CC2)cc1)NCc1ncc(C(C)(C)C)o1. The van der Waals surface area contributed by atoms with Crippen molar-refractivity contribution in [3.05, 3.63) is 53.2 Å². The lowest BCUT2D eigenvalue weighted by Gasteiger charge is -2.30. The van der Waals surface area contributed by atoms with Crippen LogP contribution >= 0.6 is 0 Å². The van der Waals surface area contributed by atoms with Gasteiger partial charge in [-0.15, -0.1) is 0 Å². The Hall–Kier alpha value is -2.34. The summed E-state index contributed by atoms with van der Waals surface area (Å²) < 4.78 is 5.83. The van der Waals surface area contributed by atoms with Gasteiger partial charge in [0.05, 0.1) is 12.7 Å². The Bertz CT molecular complexity index is 811. The maximum Gasteiger partial charge on any atom is 0.213 e. The van der Waals surface area contributed by atoms with E-state index in [0.29, 0.717) is 12.4 Å². The summed E-state index contributed by atoms with van der Waals surface area (Å²) in [7, 11) is 1.77. The number of guanidine groups is 1. The second-order valence-corrected chi connectivity index (χ2v) is 9.42. The molecule has 1 aliphatic rings. The summed E-state index contributed by atoms with van der Waals surface area (Å²) in [6.07, 6.45) is 4.44. The first-order valence-corrected chi connectivity index (χ1v) is 11.0. The van der Waals surface area contributed by atoms with Crippen molar-refractivity contribution < 1.29 is 4.42 Å². The van der Waals surface area contributed by atoms with Gasteiger partial charge in [-0.2, -0.15) is 0 Å². The molecule has 3 rings (SSSR count). The number of piperidine rings is 1. The Morgan fingerprint density at radius 3 is 2.33 bits per heavy atom. The van der Waals surface area contributed by atoms with E-state index in [1.165, 1.54) is 37.1 Å². The van der Waals surface area contributed by atoms with Crippen LogP contribution in [0.4, 0.5) is 0 Å². The zero-order valence-corrected chi connectivity index (χ0v) is 19.2. The number of rotatable bonds is 6. The summed E-state index contributed by atoms with van der Waals surface area (Å²) >= 11 is 0. The van der Waals surface area contributed by atoms with Crippen molar-refractivity contribution in [2.45, 2.75) is 65.6 Å². The molecule has 164 valence electrons. The van der Waals surface area contributed by atoms with Gasteiger partial charge in [0.1, 0.15) is 5.76 Å². The fourth-order valence-electron chi connectivity index (χ4n) is 3.55. The summed E-state index contributed by atoms with van der Waals surface area (Å²) in [6.45, 7) is 13.4. The maximum absolute atomic E-state index is 5.83. The van der Waals surface area contributed by atoms with Gasteiger partial charge >= 0.3 is 0 Å². The molecular weight excluding hydrogens is 374 g/mol. The highest BCUT2D eigenvalue weighted by molar-refractivity contribution is 5.79. The van der Waals surface area contributed by atoms with E-state index in [9.17, 15) is 0 Å². The van der Waals surface area contributed by atoms with Crippen molar-refractivity contribution in [1.82, 2.24) is 20.5 Å². The first-order valence-electron chi connectivity index (χ1n) is 11.0. The van der Waals surface area contributed by atoms with E-state index in [4.69, 9.17) is 4.42 Å². The Balaban J connectivity index is 1.44. The Morgan fingerprint density at radius 2 is 1.73 bits per heavy atom. The predicted octanol–water partition coefficient (Wildman–Crippen LogP) is 4.07. The number of oxazole rings is 1. The zero-order valence-electron chi connectivity index (χ0n) is 19.2. The minimum atomic E-state index is -0.0379. The summed E-state index contributed by atoms with van der Waals surface area (Å²) in [5, 5.41) is 6.62. The van der Waals surface area contributed by atoms with Gasteiger partial charge in [-0.1, -0.05) is 52.0 Å². The zero-order chi connectivity index (χ0) is 21.6. The van der Waals surface area contributed by atoms with Crippen LogP contribution in [0.1, 0.15) is 63.3 Å². The molecule has 0 atom stereocenters. The summed E-state index contributed by atoms with van der Waals surface area (Å²) in [6, 6.07) is 8.88. The van der Waals surface area contributed by atoms with Gasteiger partial charge in [0.25, 0.3) is 0 Å². The van der Waals surface area contributed by atoms with Gasteiger partial charge in [-0.25, -0.2) is 4.98 Å². The molecular formula is C24H37N5O. The molecule has 6 nitrogen and oxygen atoms in total. The van der Waals surface area contributed by atoms with Crippen LogP contribution in [0.15, 0.2) is 39.9 Å². The number of aromatic nitrogens is 1. The fraction of sp³-hybridized carbons (Fsp3) is 0.583. The number of hydrogen-bond acceptors (Lipinski definition) is 4. The average molecular weight is 412 g/mol. The summed E-state index contributed by atoms with van der Waals surface area (Å²) in [4.78, 5) is 11.2. The van der Waals surface area contributed by atoms with Gasteiger partial charge in [-0.3, -0.25) is 9.89 Å². The molecule has 1 aliphatic heterocycles. The minimum Gasteiger partial charge on any atom is -0.443 e. The largest absolute Gasteiger partial charge is 0.443 e. The van der Waals surface area contributed by atoms with Crippen molar-refractivity contribution in [2.75, 3.05) is 20.1 Å². The number of hydrogen-bond donors (Lipinski definition) is 2. The van der Waals surface area contributed by atoms with Crippen molar-refractivity contribution in [2.24, 2.45) is 10.9 Å². The van der Waals surface area contributed by atoms with Crippen molar-refractivity contribution in [3.8, 4) is 0 Å². The monoisotopic (exact) mass is 411 g/mol. The van der Waals surface area contributed by atoms with Crippen LogP contribution in [-0.4, -0.2) is 36.0 Å². The topological polar surface area (TPSA) is 65.7 Å². The van der Waals surface area contributed by atoms with E-state index in [0.717, 1.165) is 30.7 Å². The molecule has 0 spiro atoms. The molecule has 1 fully saturated rings. The van der Waals surface area contributed by atoms with Gasteiger partial charge < -0.3 is 15.1 Å². The number of likely N-dealkylation sites (tertiary alicyclic amines) is 1. The van der Waals surface area contributed by atoms with E-state index in [2.05, 4.69) is 77.5 Å². The molecule has 0 aliphatic carbocycles. The summed E-state index contributed by atoms with van der Waals surface area (Å²) in [5.74, 6) is 3.17. The minimum absolute atomic E-state index is 0.0379. The van der Waals surface area contributed by atoms with Crippen molar-refractivity contribution in [1.29, 1.82) is 0 Å². The molecule has 0 amide bonds. The molecule has 1 aromatic heterocycles. The standard InChI is InChI=1S/C24H37N5O/c1-18-10-12-29(13-11-18)17-20-8-6-19(7-9-20)14-27-23(25-5)28-16-22-26-15-21(30-22)24(2,3)4/h6-9,15,18H,10-14,16-17H2,1-5H3,(H2,25,27,28). The Kier molecular flexibility index (Phi) is 7.53. The molecule has 2 N–H and O–H groups in total. The molecule has 30 heavy (non-hydrogen) atoms. The van der Waals surface area contributed by atoms with Crippen LogP contribution in [0, 0.1) is 5.92 Å².